The number of rotatable bonds is 10. The Kier molecular flexibility index (Phi) is 11.2. The van der Waals surface area contributed by atoms with E-state index < -0.39 is 23.4 Å². The zero-order chi connectivity index (χ0) is 29.9. The number of nitrogens with one attached hydrogen (secondary N) is 1. The molecular formula is C35H44N2O4. The molecule has 0 fully saturated rings. The predicted molar refractivity (Wildman–Crippen MR) is 165 cm³/mol. The summed E-state index contributed by atoms with van der Waals surface area (Å²) in [6.07, 6.45) is 4.23. The number of benzene rings is 3. The maximum atomic E-state index is 13.6. The van der Waals surface area contributed by atoms with Crippen molar-refractivity contribution >= 4 is 12.2 Å². The van der Waals surface area contributed by atoms with Gasteiger partial charge in [-0.3, -0.25) is 4.90 Å². The van der Waals surface area contributed by atoms with Crippen LogP contribution in [0.3, 0.4) is 0 Å². The van der Waals surface area contributed by atoms with E-state index in [4.69, 9.17) is 9.47 Å². The molecule has 0 unspecified atom stereocenters. The zero-order valence-corrected chi connectivity index (χ0v) is 25.2. The molecule has 0 aromatic heterocycles. The fraction of sp³-hybridized carbons (Fsp3) is 0.371. The van der Waals surface area contributed by atoms with Crippen LogP contribution in [-0.4, -0.2) is 40.4 Å². The topological polar surface area (TPSA) is 67.9 Å². The first-order chi connectivity index (χ1) is 19.4. The van der Waals surface area contributed by atoms with Gasteiger partial charge in [-0.1, -0.05) is 103 Å². The molecule has 3 aromatic rings. The van der Waals surface area contributed by atoms with Gasteiger partial charge in [-0.25, -0.2) is 9.59 Å². The SMILES string of the molecule is CC(C)(C)OC(=O)N[C@H](/C=C/[C@H](Cc1ccccc1)N(Cc1ccccc1)C(=O)OC(C)(C)C)Cc1ccccc1. The van der Waals surface area contributed by atoms with Crippen LogP contribution in [0.2, 0.25) is 0 Å². The van der Waals surface area contributed by atoms with Gasteiger partial charge in [0.1, 0.15) is 11.2 Å². The van der Waals surface area contributed by atoms with Crippen LogP contribution in [0.15, 0.2) is 103 Å². The molecule has 6 heteroatoms. The number of hydrogen-bond acceptors (Lipinski definition) is 4. The summed E-state index contributed by atoms with van der Waals surface area (Å²) < 4.78 is 11.4. The Morgan fingerprint density at radius 1 is 0.683 bits per heavy atom. The summed E-state index contributed by atoms with van der Waals surface area (Å²) in [5.74, 6) is 0. The van der Waals surface area contributed by atoms with Crippen LogP contribution >= 0.6 is 0 Å². The first-order valence-corrected chi connectivity index (χ1v) is 14.2. The van der Waals surface area contributed by atoms with E-state index in [1.807, 2.05) is 133 Å². The van der Waals surface area contributed by atoms with Gasteiger partial charge >= 0.3 is 12.2 Å². The molecule has 2 amide bonds. The van der Waals surface area contributed by atoms with E-state index in [1.54, 1.807) is 4.90 Å². The molecule has 0 saturated carbocycles. The van der Waals surface area contributed by atoms with E-state index in [0.29, 0.717) is 19.4 Å². The number of amides is 2. The van der Waals surface area contributed by atoms with Crippen molar-refractivity contribution in [3.05, 3.63) is 120 Å². The van der Waals surface area contributed by atoms with Gasteiger partial charge in [-0.2, -0.15) is 0 Å². The third-order valence-electron chi connectivity index (χ3n) is 6.08. The molecule has 0 aliphatic carbocycles. The minimum absolute atomic E-state index is 0.342. The molecule has 3 rings (SSSR count). The van der Waals surface area contributed by atoms with Gasteiger partial charge < -0.3 is 14.8 Å². The third-order valence-corrected chi connectivity index (χ3v) is 6.08. The van der Waals surface area contributed by atoms with Crippen LogP contribution in [0, 0.1) is 0 Å². The van der Waals surface area contributed by atoms with Gasteiger partial charge in [-0.05, 0) is 71.1 Å². The quantitative estimate of drug-likeness (QED) is 0.260. The lowest BCUT2D eigenvalue weighted by Gasteiger charge is -2.33. The Balaban J connectivity index is 1.98. The Morgan fingerprint density at radius 3 is 1.63 bits per heavy atom. The lowest BCUT2D eigenvalue weighted by Crippen LogP contribution is -2.44. The van der Waals surface area contributed by atoms with Crippen LogP contribution in [0.1, 0.15) is 58.2 Å². The van der Waals surface area contributed by atoms with Gasteiger partial charge in [0, 0.05) is 6.54 Å². The largest absolute Gasteiger partial charge is 0.444 e. The van der Waals surface area contributed by atoms with Crippen molar-refractivity contribution in [2.45, 2.75) is 84.2 Å². The lowest BCUT2D eigenvalue weighted by molar-refractivity contribution is 0.0179. The molecule has 2 atom stereocenters. The second kappa shape index (κ2) is 14.5. The van der Waals surface area contributed by atoms with E-state index in [1.165, 1.54) is 0 Å². The molecule has 0 saturated heterocycles. The van der Waals surface area contributed by atoms with Crippen LogP contribution in [0.5, 0.6) is 0 Å². The summed E-state index contributed by atoms with van der Waals surface area (Å²) in [4.78, 5) is 28.2. The van der Waals surface area contributed by atoms with Gasteiger partial charge in [0.15, 0.2) is 0 Å². The summed E-state index contributed by atoms with van der Waals surface area (Å²) in [6.45, 7) is 11.5. The smallest absolute Gasteiger partial charge is 0.411 e. The number of nitrogens with zero attached hydrogens (tertiary/aromatic N) is 1. The molecule has 0 heterocycles. The highest BCUT2D eigenvalue weighted by Gasteiger charge is 2.28. The summed E-state index contributed by atoms with van der Waals surface area (Å²) in [5, 5.41) is 3.01. The highest BCUT2D eigenvalue weighted by molar-refractivity contribution is 5.69. The van der Waals surface area contributed by atoms with E-state index in [2.05, 4.69) is 17.4 Å². The van der Waals surface area contributed by atoms with Gasteiger partial charge in [0.05, 0.1) is 12.1 Å². The van der Waals surface area contributed by atoms with Gasteiger partial charge in [-0.15, -0.1) is 0 Å². The number of carbonyl (C=O) groups is 2. The molecule has 6 nitrogen and oxygen atoms in total. The van der Waals surface area contributed by atoms with Crippen molar-refractivity contribution in [3.63, 3.8) is 0 Å². The summed E-state index contributed by atoms with van der Waals surface area (Å²) in [6, 6.07) is 29.2. The highest BCUT2D eigenvalue weighted by Crippen LogP contribution is 2.20. The molecule has 218 valence electrons. The highest BCUT2D eigenvalue weighted by atomic mass is 16.6. The van der Waals surface area contributed by atoms with E-state index in [9.17, 15) is 9.59 Å². The van der Waals surface area contributed by atoms with Crippen molar-refractivity contribution in [1.82, 2.24) is 10.2 Å². The number of carbonyl (C=O) groups excluding carboxylic acids is 2. The molecule has 0 spiro atoms. The molecule has 0 aliphatic rings. The number of alkyl carbamates (subject to hydrolysis) is 1. The third kappa shape index (κ3) is 11.9. The lowest BCUT2D eigenvalue weighted by atomic mass is 10.0. The van der Waals surface area contributed by atoms with Gasteiger partial charge in [0.25, 0.3) is 0 Å². The Labute approximate surface area is 245 Å². The molecule has 3 aromatic carbocycles. The Hall–Kier alpha value is -4.06. The average molecular weight is 557 g/mol. The van der Waals surface area contributed by atoms with E-state index in [0.717, 1.165) is 16.7 Å². The summed E-state index contributed by atoms with van der Waals surface area (Å²) in [5.41, 5.74) is 1.89. The molecule has 0 aliphatic heterocycles. The fourth-order valence-electron chi connectivity index (χ4n) is 4.31. The molecule has 1 N–H and O–H groups in total. The Morgan fingerprint density at radius 2 is 1.15 bits per heavy atom. The maximum absolute atomic E-state index is 13.6. The molecular weight excluding hydrogens is 512 g/mol. The predicted octanol–water partition coefficient (Wildman–Crippen LogP) is 7.73. The summed E-state index contributed by atoms with van der Waals surface area (Å²) >= 11 is 0. The molecule has 41 heavy (non-hydrogen) atoms. The standard InChI is InChI=1S/C35H44N2O4/c1-34(2,3)40-32(38)36-30(24-27-16-10-7-11-17-27)22-23-31(25-28-18-12-8-13-19-28)37(33(39)41-35(4,5)6)26-29-20-14-9-15-21-29/h7-23,30-31H,24-26H2,1-6H3,(H,36,38)/b23-22+/t30-,31-/m1/s1. The van der Waals surface area contributed by atoms with E-state index in [-0.39, 0.29) is 12.1 Å². The Bertz CT molecular complexity index is 1250. The maximum Gasteiger partial charge on any atom is 0.411 e. The van der Waals surface area contributed by atoms with Crippen LogP contribution in [0.25, 0.3) is 0 Å². The molecule has 0 bridgehead atoms. The average Bonchev–Trinajstić information content (AvgIpc) is 2.89. The monoisotopic (exact) mass is 556 g/mol. The van der Waals surface area contributed by atoms with Crippen molar-refractivity contribution < 1.29 is 19.1 Å². The van der Waals surface area contributed by atoms with E-state index >= 15 is 0 Å². The van der Waals surface area contributed by atoms with Crippen LogP contribution in [-0.2, 0) is 28.9 Å². The van der Waals surface area contributed by atoms with Crippen LogP contribution < -0.4 is 5.32 Å². The van der Waals surface area contributed by atoms with Crippen molar-refractivity contribution in [1.29, 1.82) is 0 Å². The number of hydrogen-bond donors (Lipinski definition) is 1. The second-order valence-electron chi connectivity index (χ2n) is 12.2. The fourth-order valence-corrected chi connectivity index (χ4v) is 4.31. The zero-order valence-electron chi connectivity index (χ0n) is 25.2. The van der Waals surface area contributed by atoms with Crippen molar-refractivity contribution in [3.8, 4) is 0 Å². The van der Waals surface area contributed by atoms with Crippen LogP contribution in [0.4, 0.5) is 9.59 Å². The normalized spacial score (nSPS) is 13.3. The first-order valence-electron chi connectivity index (χ1n) is 14.2. The summed E-state index contributed by atoms with van der Waals surface area (Å²) in [7, 11) is 0. The van der Waals surface area contributed by atoms with Crippen molar-refractivity contribution in [2.24, 2.45) is 0 Å². The molecule has 0 radical (unpaired) electrons. The van der Waals surface area contributed by atoms with Crippen molar-refractivity contribution in [2.75, 3.05) is 0 Å². The minimum atomic E-state index is -0.652. The first kappa shape index (κ1) is 31.5. The second-order valence-corrected chi connectivity index (χ2v) is 12.2. The minimum Gasteiger partial charge on any atom is -0.444 e. The van der Waals surface area contributed by atoms with Gasteiger partial charge in [0.2, 0.25) is 0 Å². The number of ether oxygens (including phenoxy) is 2.